The van der Waals surface area contributed by atoms with Crippen molar-refractivity contribution in [2.24, 2.45) is 0 Å². The maximum atomic E-state index is 11.8. The van der Waals surface area contributed by atoms with Gasteiger partial charge in [0, 0.05) is 15.4 Å². The van der Waals surface area contributed by atoms with Crippen molar-refractivity contribution >= 4 is 51.7 Å². The Morgan fingerprint density at radius 3 is 2.68 bits per heavy atom. The third-order valence-electron chi connectivity index (χ3n) is 4.45. The molecule has 1 aliphatic rings. The van der Waals surface area contributed by atoms with Crippen LogP contribution in [-0.4, -0.2) is 16.1 Å². The van der Waals surface area contributed by atoms with Crippen molar-refractivity contribution in [1.82, 2.24) is 4.98 Å². The highest BCUT2D eigenvalue weighted by Gasteiger charge is 2.26. The molecule has 1 N–H and O–H groups in total. The number of rotatable bonds is 2. The van der Waals surface area contributed by atoms with Gasteiger partial charge in [0.2, 0.25) is 0 Å². The number of nitrogens with zero attached hydrogens (tertiary/aromatic N) is 1. The molecule has 2 aromatic carbocycles. The van der Waals surface area contributed by atoms with Crippen molar-refractivity contribution in [2.75, 3.05) is 0 Å². The second-order valence-corrected chi connectivity index (χ2v) is 6.82. The summed E-state index contributed by atoms with van der Waals surface area (Å²) in [7, 11) is 0. The van der Waals surface area contributed by atoms with Crippen LogP contribution < -0.4 is 0 Å². The van der Waals surface area contributed by atoms with E-state index < -0.39 is 5.97 Å². The highest BCUT2D eigenvalue weighted by molar-refractivity contribution is 6.35. The maximum absolute atomic E-state index is 11.8. The molecule has 1 heterocycles. The van der Waals surface area contributed by atoms with E-state index in [9.17, 15) is 9.90 Å². The number of para-hydroxylation sites is 1. The van der Waals surface area contributed by atoms with E-state index in [1.165, 1.54) is 0 Å². The first kappa shape index (κ1) is 16.1. The largest absolute Gasteiger partial charge is 0.478 e. The van der Waals surface area contributed by atoms with Crippen molar-refractivity contribution in [3.63, 3.8) is 0 Å². The van der Waals surface area contributed by atoms with Crippen LogP contribution in [0.4, 0.5) is 0 Å². The minimum absolute atomic E-state index is 0.353. The molecular weight excluding hydrogens is 357 g/mol. The number of carbonyl (C=O) groups is 1. The van der Waals surface area contributed by atoms with Crippen molar-refractivity contribution in [3.8, 4) is 0 Å². The van der Waals surface area contributed by atoms with Crippen LogP contribution >= 0.6 is 23.2 Å². The van der Waals surface area contributed by atoms with Crippen LogP contribution in [0.1, 0.15) is 33.6 Å². The number of benzene rings is 2. The van der Waals surface area contributed by atoms with Crippen LogP contribution in [0, 0.1) is 0 Å². The summed E-state index contributed by atoms with van der Waals surface area (Å²) < 4.78 is 0. The fourth-order valence-corrected chi connectivity index (χ4v) is 3.79. The number of hydrogen-bond donors (Lipinski definition) is 1. The number of carboxylic acids is 1. The Labute approximate surface area is 154 Å². The summed E-state index contributed by atoms with van der Waals surface area (Å²) in [5.74, 6) is -0.916. The van der Waals surface area contributed by atoms with E-state index in [1.54, 1.807) is 12.1 Å². The zero-order chi connectivity index (χ0) is 17.6. The first-order valence-corrected chi connectivity index (χ1v) is 8.61. The van der Waals surface area contributed by atoms with E-state index in [-0.39, 0.29) is 0 Å². The summed E-state index contributed by atoms with van der Waals surface area (Å²) in [6.07, 6.45) is 3.36. The lowest BCUT2D eigenvalue weighted by Crippen LogP contribution is -2.05. The van der Waals surface area contributed by atoms with Crippen LogP contribution in [-0.2, 0) is 6.42 Å². The molecule has 1 aromatic heterocycles. The number of fused-ring (bicyclic) bond motifs is 2. The molecule has 3 nitrogen and oxygen atoms in total. The molecule has 0 aliphatic heterocycles. The van der Waals surface area contributed by atoms with Crippen molar-refractivity contribution < 1.29 is 9.90 Å². The second kappa shape index (κ2) is 6.17. The van der Waals surface area contributed by atoms with Gasteiger partial charge >= 0.3 is 5.97 Å². The van der Waals surface area contributed by atoms with Gasteiger partial charge in [-0.1, -0.05) is 47.5 Å². The molecule has 0 saturated carbocycles. The van der Waals surface area contributed by atoms with Gasteiger partial charge in [-0.15, -0.1) is 0 Å². The molecule has 0 spiro atoms. The van der Waals surface area contributed by atoms with E-state index in [0.29, 0.717) is 32.9 Å². The molecule has 0 radical (unpaired) electrons. The normalized spacial score (nSPS) is 14.9. The first-order valence-electron chi connectivity index (χ1n) is 7.85. The van der Waals surface area contributed by atoms with Crippen LogP contribution in [0.3, 0.4) is 0 Å². The van der Waals surface area contributed by atoms with Gasteiger partial charge in [0.15, 0.2) is 0 Å². The van der Waals surface area contributed by atoms with Crippen molar-refractivity contribution in [1.29, 1.82) is 0 Å². The fraction of sp³-hybridized carbons (Fsp3) is 0.100. The van der Waals surface area contributed by atoms with Crippen molar-refractivity contribution in [3.05, 3.63) is 74.9 Å². The number of hydrogen-bond acceptors (Lipinski definition) is 2. The molecule has 5 heteroatoms. The van der Waals surface area contributed by atoms with Gasteiger partial charge in [-0.25, -0.2) is 9.78 Å². The number of aromatic nitrogens is 1. The predicted molar refractivity (Wildman–Crippen MR) is 101 cm³/mol. The monoisotopic (exact) mass is 369 g/mol. The van der Waals surface area contributed by atoms with Gasteiger partial charge in [0.25, 0.3) is 0 Å². The Hall–Kier alpha value is -2.36. The summed E-state index contributed by atoms with van der Waals surface area (Å²) in [5, 5.41) is 11.5. The number of aromatic carboxylic acids is 1. The molecule has 0 atom stereocenters. The molecule has 0 bridgehead atoms. The van der Waals surface area contributed by atoms with Crippen LogP contribution in [0.15, 0.2) is 42.5 Å². The molecular formula is C20H13Cl2NO2. The number of carboxylic acid groups (broad SMARTS) is 1. The van der Waals surface area contributed by atoms with Crippen LogP contribution in [0.5, 0.6) is 0 Å². The Morgan fingerprint density at radius 2 is 1.92 bits per heavy atom. The van der Waals surface area contributed by atoms with E-state index >= 15 is 0 Å². The Balaban J connectivity index is 1.93. The molecule has 0 unspecified atom stereocenters. The molecule has 0 amide bonds. The third-order valence-corrected chi connectivity index (χ3v) is 5.01. The highest BCUT2D eigenvalue weighted by atomic mass is 35.5. The van der Waals surface area contributed by atoms with Gasteiger partial charge < -0.3 is 5.11 Å². The summed E-state index contributed by atoms with van der Waals surface area (Å²) >= 11 is 12.2. The molecule has 0 fully saturated rings. The lowest BCUT2D eigenvalue weighted by molar-refractivity contribution is 0.0698. The van der Waals surface area contributed by atoms with Gasteiger partial charge in [-0.2, -0.15) is 0 Å². The van der Waals surface area contributed by atoms with Crippen molar-refractivity contribution in [2.45, 2.75) is 12.8 Å². The summed E-state index contributed by atoms with van der Waals surface area (Å²) in [4.78, 5) is 16.6. The first-order chi connectivity index (χ1) is 12.0. The molecule has 124 valence electrons. The topological polar surface area (TPSA) is 50.2 Å². The summed E-state index contributed by atoms with van der Waals surface area (Å²) in [6, 6.07) is 12.7. The van der Waals surface area contributed by atoms with Gasteiger partial charge in [-0.3, -0.25) is 0 Å². The number of pyridine rings is 1. The third kappa shape index (κ3) is 2.80. The Morgan fingerprint density at radius 1 is 1.12 bits per heavy atom. The molecule has 3 aromatic rings. The number of halogens is 2. The minimum atomic E-state index is -0.916. The molecule has 25 heavy (non-hydrogen) atoms. The van der Waals surface area contributed by atoms with E-state index in [0.717, 1.165) is 28.8 Å². The van der Waals surface area contributed by atoms with Gasteiger partial charge in [0.1, 0.15) is 0 Å². The van der Waals surface area contributed by atoms with Crippen LogP contribution in [0.2, 0.25) is 10.0 Å². The average molecular weight is 370 g/mol. The highest BCUT2D eigenvalue weighted by Crippen LogP contribution is 2.38. The SMILES string of the molecule is O=C(O)c1c2c(nc3ccccc13)C(=Cc1ccc(Cl)cc1Cl)CC2. The molecule has 1 aliphatic carbocycles. The zero-order valence-corrected chi connectivity index (χ0v) is 14.6. The smallest absolute Gasteiger partial charge is 0.336 e. The van der Waals surface area contributed by atoms with Gasteiger partial charge in [0.05, 0.1) is 16.8 Å². The Bertz CT molecular complexity index is 1060. The summed E-state index contributed by atoms with van der Waals surface area (Å²) in [5.41, 5.74) is 4.43. The zero-order valence-electron chi connectivity index (χ0n) is 13.1. The van der Waals surface area contributed by atoms with E-state index in [2.05, 4.69) is 0 Å². The van der Waals surface area contributed by atoms with Crippen LogP contribution in [0.25, 0.3) is 22.6 Å². The maximum Gasteiger partial charge on any atom is 0.336 e. The standard InChI is InChI=1S/C20H13Cl2NO2/c21-13-7-5-11(16(22)10-13)9-12-6-8-15-18(20(24)25)14-3-1-2-4-17(14)23-19(12)15/h1-5,7,9-10H,6,8H2,(H,24,25). The predicted octanol–water partition coefficient (Wildman–Crippen LogP) is 5.73. The van der Waals surface area contributed by atoms with Gasteiger partial charge in [-0.05, 0) is 53.8 Å². The average Bonchev–Trinajstić information content (AvgIpc) is 2.97. The quantitative estimate of drug-likeness (QED) is 0.627. The fourth-order valence-electron chi connectivity index (χ4n) is 3.33. The Kier molecular flexibility index (Phi) is 3.98. The lowest BCUT2D eigenvalue weighted by Gasteiger charge is -2.09. The summed E-state index contributed by atoms with van der Waals surface area (Å²) in [6.45, 7) is 0. The van der Waals surface area contributed by atoms with E-state index in [1.807, 2.05) is 36.4 Å². The second-order valence-electron chi connectivity index (χ2n) is 5.97. The number of allylic oxidation sites excluding steroid dienone is 1. The molecule has 4 rings (SSSR count). The minimum Gasteiger partial charge on any atom is -0.478 e. The molecule has 0 saturated heterocycles. The lowest BCUT2D eigenvalue weighted by atomic mass is 10.0. The van der Waals surface area contributed by atoms with E-state index in [4.69, 9.17) is 28.2 Å².